The lowest BCUT2D eigenvalue weighted by molar-refractivity contribution is 0.102. The minimum absolute atomic E-state index is 0.107. The van der Waals surface area contributed by atoms with Crippen LogP contribution in [0.1, 0.15) is 42.1 Å². The number of benzene rings is 3. The van der Waals surface area contributed by atoms with Crippen LogP contribution in [-0.2, 0) is 0 Å². The summed E-state index contributed by atoms with van der Waals surface area (Å²) in [5.41, 5.74) is 5.20. The Bertz CT molecular complexity index is 1520. The summed E-state index contributed by atoms with van der Waals surface area (Å²) in [4.78, 5) is 36.6. The van der Waals surface area contributed by atoms with Gasteiger partial charge in [0.05, 0.1) is 27.8 Å². The van der Waals surface area contributed by atoms with Crippen LogP contribution < -0.4 is 11.0 Å². The van der Waals surface area contributed by atoms with Gasteiger partial charge >= 0.3 is 5.69 Å². The summed E-state index contributed by atoms with van der Waals surface area (Å²) < 4.78 is 1.85. The average molecular weight is 438 g/mol. The molecule has 0 radical (unpaired) electrons. The molecule has 0 atom stereocenters. The Morgan fingerprint density at radius 1 is 0.939 bits per heavy atom. The molecule has 2 aromatic heterocycles. The number of imidazole rings is 2. The highest BCUT2D eigenvalue weighted by molar-refractivity contribution is 6.07. The predicted octanol–water partition coefficient (Wildman–Crippen LogP) is 5.24. The fraction of sp³-hybridized carbons (Fsp3) is 0.192. The molecule has 7 nitrogen and oxygen atoms in total. The van der Waals surface area contributed by atoms with Crippen LogP contribution in [0.2, 0.25) is 0 Å². The van der Waals surface area contributed by atoms with Crippen LogP contribution in [0.3, 0.4) is 0 Å². The molecule has 0 bridgehead atoms. The molecule has 33 heavy (non-hydrogen) atoms. The number of nitrogens with one attached hydrogen (secondary N) is 3. The van der Waals surface area contributed by atoms with E-state index in [2.05, 4.69) is 20.3 Å². The first-order valence-corrected chi connectivity index (χ1v) is 11.3. The van der Waals surface area contributed by atoms with Crippen LogP contribution in [0.15, 0.2) is 71.5 Å². The smallest absolute Gasteiger partial charge is 0.326 e. The molecule has 1 fully saturated rings. The summed E-state index contributed by atoms with van der Waals surface area (Å²) in [6.45, 7) is 0. The highest BCUT2D eigenvalue weighted by Gasteiger charge is 2.22. The third-order valence-corrected chi connectivity index (χ3v) is 6.49. The lowest BCUT2D eigenvalue weighted by Crippen LogP contribution is -2.20. The number of amides is 1. The molecule has 1 amide bonds. The molecule has 0 spiro atoms. The summed E-state index contributed by atoms with van der Waals surface area (Å²) >= 11 is 0. The van der Waals surface area contributed by atoms with Gasteiger partial charge in [-0.2, -0.15) is 0 Å². The van der Waals surface area contributed by atoms with Crippen LogP contribution in [0.25, 0.3) is 33.5 Å². The Morgan fingerprint density at radius 3 is 2.58 bits per heavy atom. The number of fused-ring (bicyclic) bond motifs is 2. The largest absolute Gasteiger partial charge is 0.338 e. The number of carbonyl (C=O) groups excluding carboxylic acids is 1. The third-order valence-electron chi connectivity index (χ3n) is 6.49. The fourth-order valence-electron chi connectivity index (χ4n) is 4.87. The lowest BCUT2D eigenvalue weighted by atomic mass is 10.1. The summed E-state index contributed by atoms with van der Waals surface area (Å²) in [6, 6.07) is 21.0. The van der Waals surface area contributed by atoms with Gasteiger partial charge < -0.3 is 15.3 Å². The first-order valence-electron chi connectivity index (χ1n) is 11.3. The van der Waals surface area contributed by atoms with Gasteiger partial charge in [0.15, 0.2) is 0 Å². The maximum atomic E-state index is 13.1. The van der Waals surface area contributed by atoms with E-state index >= 15 is 0 Å². The van der Waals surface area contributed by atoms with Gasteiger partial charge in [0.25, 0.3) is 5.91 Å². The van der Waals surface area contributed by atoms with Crippen molar-refractivity contribution in [1.29, 1.82) is 0 Å². The minimum atomic E-state index is -0.241. The van der Waals surface area contributed by atoms with E-state index < -0.39 is 0 Å². The van der Waals surface area contributed by atoms with Crippen LogP contribution in [0.5, 0.6) is 0 Å². The number of aromatic amines is 2. The molecule has 7 heteroatoms. The van der Waals surface area contributed by atoms with Gasteiger partial charge in [-0.1, -0.05) is 37.1 Å². The zero-order valence-corrected chi connectivity index (χ0v) is 18.0. The minimum Gasteiger partial charge on any atom is -0.338 e. The highest BCUT2D eigenvalue weighted by Crippen LogP contribution is 2.31. The number of hydrogen-bond acceptors (Lipinski definition) is 3. The molecule has 1 aliphatic carbocycles. The maximum absolute atomic E-state index is 13.1. The molecule has 6 rings (SSSR count). The molecular weight excluding hydrogens is 414 g/mol. The fourth-order valence-corrected chi connectivity index (χ4v) is 4.87. The molecule has 164 valence electrons. The summed E-state index contributed by atoms with van der Waals surface area (Å²) in [5.74, 6) is 0.454. The van der Waals surface area contributed by atoms with Crippen molar-refractivity contribution in [3.05, 3.63) is 82.8 Å². The summed E-state index contributed by atoms with van der Waals surface area (Å²) in [5, 5.41) is 3.01. The van der Waals surface area contributed by atoms with Crippen LogP contribution in [0.4, 0.5) is 5.69 Å². The number of nitrogens with zero attached hydrogens (tertiary/aromatic N) is 2. The SMILES string of the molecule is O=C(Nc1ccccc1-c1nc2ccccc2[nH]1)c1ccc2c(c1)[nH]c(=O)n2C1CCCC1. The van der Waals surface area contributed by atoms with Gasteiger partial charge in [-0.25, -0.2) is 9.78 Å². The van der Waals surface area contributed by atoms with Gasteiger partial charge in [-0.3, -0.25) is 9.36 Å². The predicted molar refractivity (Wildman–Crippen MR) is 130 cm³/mol. The Kier molecular flexibility index (Phi) is 4.61. The van der Waals surface area contributed by atoms with E-state index in [1.807, 2.05) is 59.2 Å². The summed E-state index contributed by atoms with van der Waals surface area (Å²) in [6.07, 6.45) is 4.34. The van der Waals surface area contributed by atoms with Crippen molar-refractivity contribution in [3.63, 3.8) is 0 Å². The van der Waals surface area contributed by atoms with Crippen molar-refractivity contribution >= 4 is 33.7 Å². The van der Waals surface area contributed by atoms with E-state index in [4.69, 9.17) is 0 Å². The molecule has 0 aliphatic heterocycles. The topological polar surface area (TPSA) is 95.6 Å². The number of carbonyl (C=O) groups is 1. The first-order chi connectivity index (χ1) is 16.2. The summed E-state index contributed by atoms with van der Waals surface area (Å²) in [7, 11) is 0. The van der Waals surface area contributed by atoms with Gasteiger partial charge in [-0.05, 0) is 55.3 Å². The number of hydrogen-bond donors (Lipinski definition) is 3. The normalized spacial score (nSPS) is 14.3. The van der Waals surface area contributed by atoms with Gasteiger partial charge in [0.2, 0.25) is 0 Å². The molecule has 3 aromatic carbocycles. The van der Waals surface area contributed by atoms with Crippen molar-refractivity contribution in [2.75, 3.05) is 5.32 Å². The molecule has 2 heterocycles. The standard InChI is InChI=1S/C26H23N5O2/c32-25(16-13-14-23-22(15-16)30-26(33)31(23)17-7-1-2-8-17)29-19-10-4-3-9-18(19)24-27-20-11-5-6-12-21(20)28-24/h3-6,9-15,17H,1-2,7-8H2,(H,27,28)(H,29,32)(H,30,33). The molecule has 0 unspecified atom stereocenters. The van der Waals surface area contributed by atoms with Crippen molar-refractivity contribution in [2.24, 2.45) is 0 Å². The Hall–Kier alpha value is -4.13. The highest BCUT2D eigenvalue weighted by atomic mass is 16.2. The molecule has 1 aliphatic rings. The van der Waals surface area contributed by atoms with Crippen molar-refractivity contribution in [1.82, 2.24) is 19.5 Å². The lowest BCUT2D eigenvalue weighted by Gasteiger charge is -2.12. The molecule has 3 N–H and O–H groups in total. The van der Waals surface area contributed by atoms with E-state index in [-0.39, 0.29) is 17.6 Å². The average Bonchev–Trinajstić information content (AvgIpc) is 3.56. The second-order valence-corrected chi connectivity index (χ2v) is 8.57. The second-order valence-electron chi connectivity index (χ2n) is 8.57. The zero-order chi connectivity index (χ0) is 22.4. The van der Waals surface area contributed by atoms with E-state index in [0.717, 1.165) is 47.8 Å². The Balaban J connectivity index is 1.32. The van der Waals surface area contributed by atoms with Crippen molar-refractivity contribution < 1.29 is 4.79 Å². The van der Waals surface area contributed by atoms with Gasteiger partial charge in [-0.15, -0.1) is 0 Å². The molecule has 0 saturated heterocycles. The monoisotopic (exact) mass is 437 g/mol. The number of anilines is 1. The molecule has 1 saturated carbocycles. The van der Waals surface area contributed by atoms with E-state index in [1.54, 1.807) is 12.1 Å². The number of rotatable bonds is 4. The van der Waals surface area contributed by atoms with Gasteiger partial charge in [0, 0.05) is 17.2 Å². The van der Waals surface area contributed by atoms with E-state index in [9.17, 15) is 9.59 Å². The number of H-pyrrole nitrogens is 2. The maximum Gasteiger partial charge on any atom is 0.326 e. The van der Waals surface area contributed by atoms with E-state index in [1.165, 1.54) is 0 Å². The number of aromatic nitrogens is 4. The van der Waals surface area contributed by atoms with Crippen molar-refractivity contribution in [2.45, 2.75) is 31.7 Å². The van der Waals surface area contributed by atoms with Crippen LogP contribution in [0, 0.1) is 0 Å². The van der Waals surface area contributed by atoms with Crippen LogP contribution >= 0.6 is 0 Å². The quantitative estimate of drug-likeness (QED) is 0.359. The van der Waals surface area contributed by atoms with E-state index in [0.29, 0.717) is 22.6 Å². The Labute approximate surface area is 189 Å². The first kappa shape index (κ1) is 19.5. The van der Waals surface area contributed by atoms with Gasteiger partial charge in [0.1, 0.15) is 5.82 Å². The molecular formula is C26H23N5O2. The Morgan fingerprint density at radius 2 is 1.73 bits per heavy atom. The van der Waals surface area contributed by atoms with Crippen molar-refractivity contribution in [3.8, 4) is 11.4 Å². The zero-order valence-electron chi connectivity index (χ0n) is 18.0. The number of para-hydroxylation sites is 3. The third kappa shape index (κ3) is 3.42. The second kappa shape index (κ2) is 7.78. The molecule has 5 aromatic rings. The van der Waals surface area contributed by atoms with Crippen LogP contribution in [-0.4, -0.2) is 25.4 Å².